The van der Waals surface area contributed by atoms with Gasteiger partial charge >= 0.3 is 0 Å². The molecule has 0 saturated heterocycles. The molecule has 0 bridgehead atoms. The minimum atomic E-state index is -0.563. The summed E-state index contributed by atoms with van der Waals surface area (Å²) in [7, 11) is 0. The maximum Gasteiger partial charge on any atom is 0.193 e. The van der Waals surface area contributed by atoms with Crippen molar-refractivity contribution in [1.29, 1.82) is 0 Å². The Morgan fingerprint density at radius 2 is 1.84 bits per heavy atom. The first-order valence-electron chi connectivity index (χ1n) is 7.99. The molecule has 3 nitrogen and oxygen atoms in total. The Hall–Kier alpha value is -1.70. The van der Waals surface area contributed by atoms with E-state index in [1.54, 1.807) is 0 Å². The summed E-state index contributed by atoms with van der Waals surface area (Å²) < 4.78 is 27.1. The van der Waals surface area contributed by atoms with Crippen LogP contribution in [0.5, 0.6) is 0 Å². The van der Waals surface area contributed by atoms with Crippen LogP contribution in [0.1, 0.15) is 29.5 Å². The number of halogens is 3. The van der Waals surface area contributed by atoms with Gasteiger partial charge in [-0.3, -0.25) is 4.99 Å². The maximum atomic E-state index is 14.0. The van der Waals surface area contributed by atoms with E-state index in [0.29, 0.717) is 18.1 Å². The molecule has 1 fully saturated rings. The molecule has 0 radical (unpaired) electrons. The van der Waals surface area contributed by atoms with E-state index in [2.05, 4.69) is 10.3 Å². The third-order valence-corrected chi connectivity index (χ3v) is 4.69. The molecule has 0 atom stereocenters. The van der Waals surface area contributed by atoms with Crippen LogP contribution in [0.15, 0.2) is 41.4 Å². The van der Waals surface area contributed by atoms with Gasteiger partial charge in [0.1, 0.15) is 11.6 Å². The summed E-state index contributed by atoms with van der Waals surface area (Å²) in [4.78, 5) is 4.37. The number of nitrogens with two attached hydrogens (primary N) is 1. The number of nitrogens with zero attached hydrogens (tertiary/aromatic N) is 1. The van der Waals surface area contributed by atoms with E-state index in [4.69, 9.17) is 5.73 Å². The van der Waals surface area contributed by atoms with Crippen LogP contribution in [0.25, 0.3) is 0 Å². The monoisotopic (exact) mass is 457 g/mol. The minimum Gasteiger partial charge on any atom is -0.370 e. The van der Waals surface area contributed by atoms with Gasteiger partial charge in [0, 0.05) is 17.2 Å². The quantitative estimate of drug-likeness (QED) is 0.399. The molecule has 3 rings (SSSR count). The number of aliphatic imine (C=N–C) groups is 1. The Kier molecular flexibility index (Phi) is 6.03. The Bertz CT molecular complexity index is 801. The fourth-order valence-electron chi connectivity index (χ4n) is 2.83. The molecule has 1 saturated carbocycles. The van der Waals surface area contributed by atoms with E-state index in [1.807, 2.05) is 32.0 Å². The topological polar surface area (TPSA) is 50.4 Å². The zero-order valence-corrected chi connectivity index (χ0v) is 16.6. The molecule has 1 aliphatic carbocycles. The Labute approximate surface area is 163 Å². The number of hydrogen-bond acceptors (Lipinski definition) is 1. The fourth-order valence-corrected chi connectivity index (χ4v) is 2.83. The van der Waals surface area contributed by atoms with Gasteiger partial charge < -0.3 is 11.1 Å². The second-order valence-corrected chi connectivity index (χ2v) is 6.53. The Morgan fingerprint density at radius 3 is 2.44 bits per heavy atom. The van der Waals surface area contributed by atoms with Crippen LogP contribution in [0.2, 0.25) is 0 Å². The second-order valence-electron chi connectivity index (χ2n) is 6.53. The van der Waals surface area contributed by atoms with Gasteiger partial charge in [0.05, 0.1) is 6.54 Å². The fraction of sp³-hybridized carbons (Fsp3) is 0.316. The number of guanidine groups is 1. The van der Waals surface area contributed by atoms with Crippen molar-refractivity contribution in [2.24, 2.45) is 10.7 Å². The lowest BCUT2D eigenvalue weighted by atomic mass is 9.95. The van der Waals surface area contributed by atoms with Gasteiger partial charge in [-0.15, -0.1) is 24.0 Å². The van der Waals surface area contributed by atoms with Crippen LogP contribution in [-0.4, -0.2) is 12.5 Å². The molecule has 0 spiro atoms. The molecule has 25 heavy (non-hydrogen) atoms. The van der Waals surface area contributed by atoms with Crippen LogP contribution < -0.4 is 11.1 Å². The Morgan fingerprint density at radius 1 is 1.12 bits per heavy atom. The SMILES string of the molecule is Cc1ccc(NC(N)=NCC2(c3ccc(F)cc3F)CC2)cc1C.I. The predicted molar refractivity (Wildman–Crippen MR) is 109 cm³/mol. The van der Waals surface area contributed by atoms with Crippen molar-refractivity contribution in [2.75, 3.05) is 11.9 Å². The first-order valence-corrected chi connectivity index (χ1v) is 7.99. The highest BCUT2D eigenvalue weighted by Gasteiger charge is 2.46. The van der Waals surface area contributed by atoms with Crippen LogP contribution >= 0.6 is 24.0 Å². The summed E-state index contributed by atoms with van der Waals surface area (Å²) in [5.74, 6) is -0.776. The lowest BCUT2D eigenvalue weighted by Gasteiger charge is -2.15. The van der Waals surface area contributed by atoms with E-state index in [9.17, 15) is 8.78 Å². The number of benzene rings is 2. The van der Waals surface area contributed by atoms with Crippen molar-refractivity contribution >= 4 is 35.6 Å². The average molecular weight is 457 g/mol. The number of hydrogen-bond donors (Lipinski definition) is 2. The minimum absolute atomic E-state index is 0. The highest BCUT2D eigenvalue weighted by molar-refractivity contribution is 14.0. The number of rotatable bonds is 4. The van der Waals surface area contributed by atoms with Crippen LogP contribution in [0.4, 0.5) is 14.5 Å². The smallest absolute Gasteiger partial charge is 0.193 e. The van der Waals surface area contributed by atoms with Gasteiger partial charge in [-0.1, -0.05) is 12.1 Å². The zero-order chi connectivity index (χ0) is 17.3. The van der Waals surface area contributed by atoms with Crippen molar-refractivity contribution in [1.82, 2.24) is 0 Å². The number of aryl methyl sites for hydroxylation is 2. The molecule has 134 valence electrons. The molecule has 2 aromatic carbocycles. The first kappa shape index (κ1) is 19.6. The van der Waals surface area contributed by atoms with Crippen molar-refractivity contribution < 1.29 is 8.78 Å². The van der Waals surface area contributed by atoms with E-state index in [1.165, 1.54) is 23.3 Å². The summed E-state index contributed by atoms with van der Waals surface area (Å²) >= 11 is 0. The van der Waals surface area contributed by atoms with E-state index in [0.717, 1.165) is 24.6 Å². The van der Waals surface area contributed by atoms with E-state index < -0.39 is 11.6 Å². The average Bonchev–Trinajstić information content (AvgIpc) is 3.30. The molecule has 0 unspecified atom stereocenters. The summed E-state index contributed by atoms with van der Waals surface area (Å²) in [5, 5.41) is 3.06. The molecular formula is C19H22F2IN3. The second kappa shape index (κ2) is 7.68. The van der Waals surface area contributed by atoms with E-state index in [-0.39, 0.29) is 29.4 Å². The summed E-state index contributed by atoms with van der Waals surface area (Å²) in [6.07, 6.45) is 1.66. The summed E-state index contributed by atoms with van der Waals surface area (Å²) in [6.45, 7) is 4.47. The lowest BCUT2D eigenvalue weighted by Crippen LogP contribution is -2.25. The van der Waals surface area contributed by atoms with Crippen molar-refractivity contribution in [3.05, 3.63) is 64.7 Å². The first-order chi connectivity index (χ1) is 11.4. The third kappa shape index (κ3) is 4.48. The van der Waals surface area contributed by atoms with Gasteiger partial charge in [0.25, 0.3) is 0 Å². The van der Waals surface area contributed by atoms with Crippen LogP contribution in [0.3, 0.4) is 0 Å². The highest BCUT2D eigenvalue weighted by atomic mass is 127. The summed E-state index contributed by atoms with van der Waals surface area (Å²) in [5.41, 5.74) is 9.37. The largest absolute Gasteiger partial charge is 0.370 e. The van der Waals surface area contributed by atoms with Crippen LogP contribution in [0, 0.1) is 25.5 Å². The zero-order valence-electron chi connectivity index (χ0n) is 14.3. The Balaban J connectivity index is 0.00000225. The van der Waals surface area contributed by atoms with Crippen LogP contribution in [-0.2, 0) is 5.41 Å². The lowest BCUT2D eigenvalue weighted by molar-refractivity contribution is 0.549. The van der Waals surface area contributed by atoms with E-state index >= 15 is 0 Å². The molecule has 0 aromatic heterocycles. The van der Waals surface area contributed by atoms with Gasteiger partial charge in [-0.25, -0.2) is 8.78 Å². The molecule has 3 N–H and O–H groups in total. The highest BCUT2D eigenvalue weighted by Crippen LogP contribution is 2.49. The molecule has 2 aromatic rings. The van der Waals surface area contributed by atoms with Gasteiger partial charge in [-0.05, 0) is 61.6 Å². The summed E-state index contributed by atoms with van der Waals surface area (Å²) in [6, 6.07) is 9.69. The van der Waals surface area contributed by atoms with Gasteiger partial charge in [0.2, 0.25) is 0 Å². The third-order valence-electron chi connectivity index (χ3n) is 4.69. The molecule has 0 heterocycles. The molecule has 0 aliphatic heterocycles. The molecular weight excluding hydrogens is 435 g/mol. The molecule has 1 aliphatic rings. The number of nitrogens with one attached hydrogen (secondary N) is 1. The van der Waals surface area contributed by atoms with Gasteiger partial charge in [-0.2, -0.15) is 0 Å². The molecule has 0 amide bonds. The van der Waals surface area contributed by atoms with Crippen molar-refractivity contribution in [3.63, 3.8) is 0 Å². The standard InChI is InChI=1S/C19H21F2N3.HI/c1-12-3-5-15(9-13(12)2)24-18(22)23-11-19(7-8-19)16-6-4-14(20)10-17(16)21;/h3-6,9-10H,7-8,11H2,1-2H3,(H3,22,23,24);1H. The predicted octanol–water partition coefficient (Wildman–Crippen LogP) is 4.66. The van der Waals surface area contributed by atoms with Gasteiger partial charge in [0.15, 0.2) is 5.96 Å². The normalized spacial score (nSPS) is 15.4. The maximum absolute atomic E-state index is 14.0. The molecule has 6 heteroatoms. The number of anilines is 1. The van der Waals surface area contributed by atoms with Crippen molar-refractivity contribution in [3.8, 4) is 0 Å². The van der Waals surface area contributed by atoms with Crippen molar-refractivity contribution in [2.45, 2.75) is 32.1 Å².